The van der Waals surface area contributed by atoms with Crippen molar-refractivity contribution in [3.63, 3.8) is 0 Å². The maximum absolute atomic E-state index is 13.5. The lowest BCUT2D eigenvalue weighted by molar-refractivity contribution is -0.137. The maximum Gasteiger partial charge on any atom is 0.303 e. The van der Waals surface area contributed by atoms with E-state index in [0.717, 1.165) is 24.6 Å². The number of pyridine rings is 1. The summed E-state index contributed by atoms with van der Waals surface area (Å²) >= 11 is 6.75. The summed E-state index contributed by atoms with van der Waals surface area (Å²) in [5.74, 6) is -0.295. The largest absolute Gasteiger partial charge is 0.481 e. The SMILES string of the molecule is CCCn1c(N2CCN(c3ccccc3)CC2)c(/C=C2\SC(=S)N(CCCCCC(=O)O)C2=O)c(C)c(C#N)c1=O. The van der Waals surface area contributed by atoms with E-state index in [0.29, 0.717) is 72.2 Å². The van der Waals surface area contributed by atoms with Gasteiger partial charge in [0.15, 0.2) is 0 Å². The molecule has 11 heteroatoms. The van der Waals surface area contributed by atoms with E-state index in [1.165, 1.54) is 11.8 Å². The van der Waals surface area contributed by atoms with Gasteiger partial charge in [-0.1, -0.05) is 55.5 Å². The number of carboxylic acid groups (broad SMARTS) is 1. The number of anilines is 2. The van der Waals surface area contributed by atoms with Crippen LogP contribution in [0.1, 0.15) is 55.7 Å². The van der Waals surface area contributed by atoms with Crippen molar-refractivity contribution in [1.29, 1.82) is 5.26 Å². The van der Waals surface area contributed by atoms with Crippen molar-refractivity contribution in [3.8, 4) is 6.07 Å². The number of aliphatic carboxylic acids is 1. The van der Waals surface area contributed by atoms with Crippen molar-refractivity contribution in [2.75, 3.05) is 42.5 Å². The molecule has 3 heterocycles. The van der Waals surface area contributed by atoms with Crippen LogP contribution in [0, 0.1) is 18.3 Å². The van der Waals surface area contributed by atoms with Crippen LogP contribution in [0.15, 0.2) is 40.0 Å². The average molecular weight is 594 g/mol. The number of hydrogen-bond donors (Lipinski definition) is 1. The summed E-state index contributed by atoms with van der Waals surface area (Å²) in [5, 5.41) is 18.8. The molecule has 0 aliphatic carbocycles. The van der Waals surface area contributed by atoms with Crippen LogP contribution < -0.4 is 15.4 Å². The number of piperazine rings is 1. The second-order valence-corrected chi connectivity index (χ2v) is 11.8. The summed E-state index contributed by atoms with van der Waals surface area (Å²) in [4.78, 5) is 44.2. The Labute approximate surface area is 250 Å². The van der Waals surface area contributed by atoms with Crippen LogP contribution in [-0.4, -0.2) is 63.5 Å². The van der Waals surface area contributed by atoms with Gasteiger partial charge < -0.3 is 14.9 Å². The average Bonchev–Trinajstić information content (AvgIpc) is 3.23. The van der Waals surface area contributed by atoms with Gasteiger partial charge in [0.05, 0.1) is 4.91 Å². The molecule has 0 radical (unpaired) electrons. The zero-order valence-corrected chi connectivity index (χ0v) is 25.1. The Morgan fingerprint density at radius 2 is 1.76 bits per heavy atom. The molecule has 9 nitrogen and oxygen atoms in total. The Hall–Kier alpha value is -3.62. The first-order valence-electron chi connectivity index (χ1n) is 14.0. The molecule has 2 aliphatic heterocycles. The fourth-order valence-electron chi connectivity index (χ4n) is 5.28. The van der Waals surface area contributed by atoms with Crippen LogP contribution in [0.2, 0.25) is 0 Å². The van der Waals surface area contributed by atoms with E-state index in [2.05, 4.69) is 28.0 Å². The molecular formula is C30H35N5O4S2. The molecule has 2 saturated heterocycles. The van der Waals surface area contributed by atoms with Crippen LogP contribution in [0.3, 0.4) is 0 Å². The van der Waals surface area contributed by atoms with Crippen LogP contribution in [0.25, 0.3) is 6.08 Å². The topological polar surface area (TPSA) is 110 Å². The van der Waals surface area contributed by atoms with E-state index >= 15 is 0 Å². The Morgan fingerprint density at radius 3 is 2.39 bits per heavy atom. The number of benzene rings is 1. The predicted molar refractivity (Wildman–Crippen MR) is 167 cm³/mol. The number of carboxylic acids is 1. The van der Waals surface area contributed by atoms with E-state index in [4.69, 9.17) is 17.3 Å². The van der Waals surface area contributed by atoms with Crippen LogP contribution in [-0.2, 0) is 16.1 Å². The van der Waals surface area contributed by atoms with E-state index in [9.17, 15) is 19.6 Å². The Balaban J connectivity index is 1.66. The summed E-state index contributed by atoms with van der Waals surface area (Å²) in [6, 6.07) is 12.3. The first kappa shape index (κ1) is 30.3. The van der Waals surface area contributed by atoms with Gasteiger partial charge in [-0.25, -0.2) is 0 Å². The number of amides is 1. The minimum absolute atomic E-state index is 0.0882. The third-order valence-corrected chi connectivity index (χ3v) is 8.79. The van der Waals surface area contributed by atoms with Gasteiger partial charge in [0.25, 0.3) is 11.5 Å². The van der Waals surface area contributed by atoms with E-state index in [1.54, 1.807) is 22.5 Å². The number of rotatable bonds is 11. The van der Waals surface area contributed by atoms with Gasteiger partial charge in [-0.2, -0.15) is 5.26 Å². The molecule has 216 valence electrons. The molecule has 1 aromatic carbocycles. The van der Waals surface area contributed by atoms with Crippen molar-refractivity contribution < 1.29 is 14.7 Å². The predicted octanol–water partition coefficient (Wildman–Crippen LogP) is 4.61. The molecule has 0 spiro atoms. The molecule has 1 N–H and O–H groups in total. The molecule has 4 rings (SSSR count). The third kappa shape index (κ3) is 6.82. The third-order valence-electron chi connectivity index (χ3n) is 7.42. The smallest absolute Gasteiger partial charge is 0.303 e. The first-order valence-corrected chi connectivity index (χ1v) is 15.2. The van der Waals surface area contributed by atoms with Crippen molar-refractivity contribution in [2.45, 2.75) is 52.5 Å². The number of thiocarbonyl (C=S) groups is 1. The molecule has 2 fully saturated rings. The Morgan fingerprint density at radius 1 is 1.07 bits per heavy atom. The van der Waals surface area contributed by atoms with E-state index in [-0.39, 0.29) is 23.5 Å². The molecule has 0 saturated carbocycles. The highest BCUT2D eigenvalue weighted by Crippen LogP contribution is 2.36. The van der Waals surface area contributed by atoms with Gasteiger partial charge in [0.1, 0.15) is 21.8 Å². The number of unbranched alkanes of at least 4 members (excludes halogenated alkanes) is 2. The summed E-state index contributed by atoms with van der Waals surface area (Å²) in [6.45, 7) is 7.56. The number of aromatic nitrogens is 1. The standard InChI is InChI=1S/C30H35N5O4S2/c1-3-13-34-27(33-17-15-32(16-18-33)22-10-6-4-7-11-22)23(21(2)24(20-31)28(34)38)19-25-29(39)35(30(40)41-25)14-9-5-8-12-26(36)37/h4,6-7,10-11,19H,3,5,8-9,12-18H2,1-2H3,(H,36,37)/b25-19-. The zero-order valence-electron chi connectivity index (χ0n) is 23.5. The van der Waals surface area contributed by atoms with Gasteiger partial charge in [-0.3, -0.25) is 23.9 Å². The highest BCUT2D eigenvalue weighted by Gasteiger charge is 2.33. The molecule has 1 amide bonds. The second kappa shape index (κ2) is 13.8. The number of nitrogens with zero attached hydrogens (tertiary/aromatic N) is 5. The molecule has 2 aromatic rings. The van der Waals surface area contributed by atoms with Crippen LogP contribution >= 0.6 is 24.0 Å². The summed E-state index contributed by atoms with van der Waals surface area (Å²) in [7, 11) is 0. The Kier molecular flexibility index (Phi) is 10.2. The molecule has 41 heavy (non-hydrogen) atoms. The highest BCUT2D eigenvalue weighted by molar-refractivity contribution is 8.26. The normalized spacial score (nSPS) is 16.5. The lowest BCUT2D eigenvalue weighted by atomic mass is 10.0. The number of para-hydroxylation sites is 1. The van der Waals surface area contributed by atoms with Crippen LogP contribution in [0.4, 0.5) is 11.5 Å². The highest BCUT2D eigenvalue weighted by atomic mass is 32.2. The van der Waals surface area contributed by atoms with Crippen LogP contribution in [0.5, 0.6) is 0 Å². The quantitative estimate of drug-likeness (QED) is 0.227. The number of nitriles is 1. The molecular weight excluding hydrogens is 558 g/mol. The fourth-order valence-corrected chi connectivity index (χ4v) is 6.57. The number of carbonyl (C=O) groups excluding carboxylic acids is 1. The lowest BCUT2D eigenvalue weighted by Gasteiger charge is -2.39. The second-order valence-electron chi connectivity index (χ2n) is 10.2. The monoisotopic (exact) mass is 593 g/mol. The lowest BCUT2D eigenvalue weighted by Crippen LogP contribution is -2.48. The fraction of sp³-hybridized carbons (Fsp3) is 0.433. The number of thioether (sulfide) groups is 1. The number of hydrogen-bond acceptors (Lipinski definition) is 8. The van der Waals surface area contributed by atoms with E-state index < -0.39 is 5.97 Å². The summed E-state index contributed by atoms with van der Waals surface area (Å²) in [6.07, 6.45) is 4.51. The minimum Gasteiger partial charge on any atom is -0.481 e. The first-order chi connectivity index (χ1) is 19.8. The summed E-state index contributed by atoms with van der Waals surface area (Å²) in [5.41, 5.74) is 2.19. The van der Waals surface area contributed by atoms with Gasteiger partial charge in [0.2, 0.25) is 0 Å². The molecule has 0 unspecified atom stereocenters. The van der Waals surface area contributed by atoms with Gasteiger partial charge in [-0.05, 0) is 50.0 Å². The van der Waals surface area contributed by atoms with Gasteiger partial charge in [0, 0.05) is 56.9 Å². The van der Waals surface area contributed by atoms with Crippen molar-refractivity contribution >= 4 is 57.8 Å². The van der Waals surface area contributed by atoms with E-state index in [1.807, 2.05) is 25.1 Å². The minimum atomic E-state index is -0.827. The Bertz CT molecular complexity index is 1440. The van der Waals surface area contributed by atoms with Crippen molar-refractivity contribution in [2.24, 2.45) is 0 Å². The maximum atomic E-state index is 13.5. The molecule has 0 atom stereocenters. The van der Waals surface area contributed by atoms with Crippen molar-refractivity contribution in [1.82, 2.24) is 9.47 Å². The number of carbonyl (C=O) groups is 2. The van der Waals surface area contributed by atoms with Gasteiger partial charge >= 0.3 is 5.97 Å². The molecule has 2 aliphatic rings. The molecule has 1 aromatic heterocycles. The summed E-state index contributed by atoms with van der Waals surface area (Å²) < 4.78 is 2.15. The zero-order chi connectivity index (χ0) is 29.5. The molecule has 0 bridgehead atoms. The van der Waals surface area contributed by atoms with Crippen molar-refractivity contribution in [3.05, 3.63) is 62.3 Å². The van der Waals surface area contributed by atoms with Gasteiger partial charge in [-0.15, -0.1) is 0 Å².